The SMILES string of the molecule is NC(=O)c1nc(O)ncc1N1c2ccccc2NC1n1cccn1. The van der Waals surface area contributed by atoms with Crippen molar-refractivity contribution in [1.29, 1.82) is 0 Å². The summed E-state index contributed by atoms with van der Waals surface area (Å²) in [5.41, 5.74) is 7.40. The van der Waals surface area contributed by atoms with Gasteiger partial charge in [0, 0.05) is 12.4 Å². The summed E-state index contributed by atoms with van der Waals surface area (Å²) < 4.78 is 1.69. The van der Waals surface area contributed by atoms with Gasteiger partial charge in [0.1, 0.15) is 0 Å². The largest absolute Gasteiger partial charge is 0.479 e. The Morgan fingerprint density at radius 1 is 1.25 bits per heavy atom. The highest BCUT2D eigenvalue weighted by molar-refractivity contribution is 5.98. The predicted octanol–water partition coefficient (Wildman–Crippen LogP) is 1.20. The van der Waals surface area contributed by atoms with Crippen molar-refractivity contribution in [2.75, 3.05) is 10.2 Å². The van der Waals surface area contributed by atoms with Crippen molar-refractivity contribution >= 4 is 23.0 Å². The van der Waals surface area contributed by atoms with E-state index in [1.165, 1.54) is 6.20 Å². The van der Waals surface area contributed by atoms with Gasteiger partial charge in [-0.05, 0) is 18.2 Å². The maximum absolute atomic E-state index is 11.8. The summed E-state index contributed by atoms with van der Waals surface area (Å²) in [7, 11) is 0. The van der Waals surface area contributed by atoms with Gasteiger partial charge in [-0.25, -0.2) is 9.67 Å². The number of nitrogens with zero attached hydrogens (tertiary/aromatic N) is 5. The normalized spacial score (nSPS) is 15.8. The van der Waals surface area contributed by atoms with E-state index in [4.69, 9.17) is 5.73 Å². The molecule has 0 spiro atoms. The molecule has 0 radical (unpaired) electrons. The highest BCUT2D eigenvalue weighted by Crippen LogP contribution is 2.44. The first-order valence-corrected chi connectivity index (χ1v) is 7.15. The van der Waals surface area contributed by atoms with E-state index in [2.05, 4.69) is 20.4 Å². The number of carbonyl (C=O) groups excluding carboxylic acids is 1. The lowest BCUT2D eigenvalue weighted by Crippen LogP contribution is -2.31. The molecule has 1 aliphatic heterocycles. The van der Waals surface area contributed by atoms with Gasteiger partial charge in [0.05, 0.1) is 23.3 Å². The minimum Gasteiger partial charge on any atom is -0.479 e. The molecule has 3 aromatic rings. The number of amides is 1. The van der Waals surface area contributed by atoms with E-state index in [0.29, 0.717) is 5.69 Å². The summed E-state index contributed by atoms with van der Waals surface area (Å²) in [4.78, 5) is 21.2. The molecule has 24 heavy (non-hydrogen) atoms. The highest BCUT2D eigenvalue weighted by Gasteiger charge is 2.34. The molecule has 1 amide bonds. The van der Waals surface area contributed by atoms with Crippen molar-refractivity contribution in [3.63, 3.8) is 0 Å². The Balaban J connectivity index is 1.92. The van der Waals surface area contributed by atoms with Crippen LogP contribution in [0.25, 0.3) is 0 Å². The van der Waals surface area contributed by atoms with Crippen molar-refractivity contribution < 1.29 is 9.90 Å². The second kappa shape index (κ2) is 5.23. The number of fused-ring (bicyclic) bond motifs is 1. The zero-order chi connectivity index (χ0) is 16.7. The molecule has 2 aromatic heterocycles. The number of hydrogen-bond donors (Lipinski definition) is 3. The van der Waals surface area contributed by atoms with E-state index in [1.54, 1.807) is 23.1 Å². The van der Waals surface area contributed by atoms with Crippen LogP contribution in [0.3, 0.4) is 0 Å². The van der Waals surface area contributed by atoms with Gasteiger partial charge >= 0.3 is 6.01 Å². The van der Waals surface area contributed by atoms with Gasteiger partial charge in [-0.15, -0.1) is 0 Å². The average molecular weight is 323 g/mol. The van der Waals surface area contributed by atoms with Gasteiger partial charge in [-0.1, -0.05) is 12.1 Å². The number of carbonyl (C=O) groups is 1. The number of rotatable bonds is 3. The number of primary amides is 1. The first-order valence-electron chi connectivity index (χ1n) is 7.15. The number of aromatic hydroxyl groups is 1. The van der Waals surface area contributed by atoms with Crippen molar-refractivity contribution in [2.45, 2.75) is 6.29 Å². The Labute approximate surface area is 136 Å². The Morgan fingerprint density at radius 3 is 2.83 bits per heavy atom. The van der Waals surface area contributed by atoms with Crippen LogP contribution < -0.4 is 16.0 Å². The number of nitrogens with two attached hydrogens (primary N) is 1. The van der Waals surface area contributed by atoms with Gasteiger partial charge < -0.3 is 16.2 Å². The molecule has 0 saturated carbocycles. The van der Waals surface area contributed by atoms with Crippen LogP contribution in [0.2, 0.25) is 0 Å². The monoisotopic (exact) mass is 323 g/mol. The van der Waals surface area contributed by atoms with E-state index >= 15 is 0 Å². The Hall–Kier alpha value is -3.62. The van der Waals surface area contributed by atoms with Crippen LogP contribution in [-0.2, 0) is 0 Å². The molecule has 0 saturated heterocycles. The molecule has 0 aliphatic carbocycles. The molecule has 1 aliphatic rings. The van der Waals surface area contributed by atoms with E-state index in [9.17, 15) is 9.90 Å². The van der Waals surface area contributed by atoms with Crippen LogP contribution in [-0.4, -0.2) is 30.8 Å². The topological polar surface area (TPSA) is 122 Å². The van der Waals surface area contributed by atoms with E-state index in [0.717, 1.165) is 11.4 Å². The summed E-state index contributed by atoms with van der Waals surface area (Å²) in [6.07, 6.45) is 4.39. The van der Waals surface area contributed by atoms with Crippen molar-refractivity contribution in [3.05, 3.63) is 54.6 Å². The Bertz CT molecular complexity index is 910. The van der Waals surface area contributed by atoms with Crippen LogP contribution in [0.15, 0.2) is 48.9 Å². The van der Waals surface area contributed by atoms with Gasteiger partial charge in [-0.2, -0.15) is 10.1 Å². The molecule has 1 aromatic carbocycles. The zero-order valence-electron chi connectivity index (χ0n) is 12.4. The van der Waals surface area contributed by atoms with Crippen LogP contribution in [0, 0.1) is 0 Å². The molecule has 120 valence electrons. The van der Waals surface area contributed by atoms with E-state index in [1.807, 2.05) is 29.2 Å². The lowest BCUT2D eigenvalue weighted by atomic mass is 10.2. The fraction of sp³-hybridized carbons (Fsp3) is 0.0667. The summed E-state index contributed by atoms with van der Waals surface area (Å²) in [6, 6.07) is 8.87. The number of aromatic nitrogens is 4. The zero-order valence-corrected chi connectivity index (χ0v) is 12.4. The lowest BCUT2D eigenvalue weighted by Gasteiger charge is -2.27. The third-order valence-corrected chi connectivity index (χ3v) is 3.72. The summed E-state index contributed by atoms with van der Waals surface area (Å²) in [5.74, 6) is -0.758. The van der Waals surface area contributed by atoms with Crippen molar-refractivity contribution in [2.24, 2.45) is 5.73 Å². The van der Waals surface area contributed by atoms with Crippen LogP contribution in [0.1, 0.15) is 16.8 Å². The van der Waals surface area contributed by atoms with Gasteiger partial charge in [-0.3, -0.25) is 9.69 Å². The molecule has 1 unspecified atom stereocenters. The molecule has 4 N–H and O–H groups in total. The van der Waals surface area contributed by atoms with E-state index < -0.39 is 18.2 Å². The molecule has 1 atom stereocenters. The van der Waals surface area contributed by atoms with E-state index in [-0.39, 0.29) is 5.69 Å². The smallest absolute Gasteiger partial charge is 0.314 e. The number of nitrogens with one attached hydrogen (secondary N) is 1. The molecular weight excluding hydrogens is 310 g/mol. The standard InChI is InChI=1S/C15H13N7O2/c16-13(23)12-11(8-17-14(24)20-12)22-10-5-2-1-4-9(10)19-15(22)21-7-3-6-18-21/h1-8,15,19H,(H2,16,23)(H,17,20,24). The van der Waals surface area contributed by atoms with Gasteiger partial charge in [0.15, 0.2) is 5.69 Å². The molecule has 4 rings (SSSR count). The number of benzene rings is 1. The maximum Gasteiger partial charge on any atom is 0.314 e. The first kappa shape index (κ1) is 14.0. The molecule has 3 heterocycles. The fourth-order valence-electron chi connectivity index (χ4n) is 2.74. The number of anilines is 3. The van der Waals surface area contributed by atoms with Crippen LogP contribution in [0.4, 0.5) is 17.1 Å². The quantitative estimate of drug-likeness (QED) is 0.662. The average Bonchev–Trinajstić information content (AvgIpc) is 3.22. The Kier molecular flexibility index (Phi) is 3.05. The molecule has 9 nitrogen and oxygen atoms in total. The highest BCUT2D eigenvalue weighted by atomic mass is 16.3. The lowest BCUT2D eigenvalue weighted by molar-refractivity contribution is 0.0995. The molecular formula is C15H13N7O2. The van der Waals surface area contributed by atoms with Crippen LogP contribution in [0.5, 0.6) is 6.01 Å². The third-order valence-electron chi connectivity index (χ3n) is 3.72. The second-order valence-electron chi connectivity index (χ2n) is 5.16. The fourth-order valence-corrected chi connectivity index (χ4v) is 2.74. The minimum absolute atomic E-state index is 0.0711. The number of hydrogen-bond acceptors (Lipinski definition) is 7. The van der Waals surface area contributed by atoms with Crippen LogP contribution >= 0.6 is 0 Å². The maximum atomic E-state index is 11.8. The Morgan fingerprint density at radius 2 is 2.08 bits per heavy atom. The second-order valence-corrected chi connectivity index (χ2v) is 5.16. The minimum atomic E-state index is -0.758. The third kappa shape index (κ3) is 2.10. The summed E-state index contributed by atoms with van der Waals surface area (Å²) >= 11 is 0. The summed E-state index contributed by atoms with van der Waals surface area (Å²) in [6.45, 7) is 0. The molecule has 9 heteroatoms. The predicted molar refractivity (Wildman–Crippen MR) is 85.7 cm³/mol. The summed E-state index contributed by atoms with van der Waals surface area (Å²) in [5, 5.41) is 17.1. The molecule has 0 bridgehead atoms. The van der Waals surface area contributed by atoms with Crippen molar-refractivity contribution in [3.8, 4) is 6.01 Å². The van der Waals surface area contributed by atoms with Gasteiger partial charge in [0.2, 0.25) is 6.29 Å². The van der Waals surface area contributed by atoms with Crippen molar-refractivity contribution in [1.82, 2.24) is 19.7 Å². The van der Waals surface area contributed by atoms with Gasteiger partial charge in [0.25, 0.3) is 5.91 Å². The number of para-hydroxylation sites is 2. The first-order chi connectivity index (χ1) is 11.6. The molecule has 0 fully saturated rings.